The molecule has 0 unspecified atom stereocenters. The minimum Gasteiger partial charge on any atom is -0.496 e. The first-order valence-electron chi connectivity index (χ1n) is 6.31. The van der Waals surface area contributed by atoms with Gasteiger partial charge in [-0.3, -0.25) is 0 Å². The topological polar surface area (TPSA) is 65.0 Å². The molecule has 0 bridgehead atoms. The molecule has 2 aromatic carbocycles. The van der Waals surface area contributed by atoms with E-state index in [1.54, 1.807) is 19.2 Å². The molecule has 2 aromatic rings. The first-order valence-corrected chi connectivity index (χ1v) is 6.31. The van der Waals surface area contributed by atoms with Crippen LogP contribution < -0.4 is 14.2 Å². The van der Waals surface area contributed by atoms with Gasteiger partial charge < -0.3 is 19.3 Å². The number of hydrogen-bond donors (Lipinski definition) is 1. The number of carboxylic acid groups (broad SMARTS) is 1. The van der Waals surface area contributed by atoms with Crippen molar-refractivity contribution in [3.63, 3.8) is 0 Å². The van der Waals surface area contributed by atoms with Crippen LogP contribution in [0.4, 0.5) is 0 Å². The van der Waals surface area contributed by atoms with Gasteiger partial charge in [0.1, 0.15) is 17.9 Å². The van der Waals surface area contributed by atoms with E-state index in [9.17, 15) is 4.79 Å². The molecular formula is C16H16O5. The number of aromatic carboxylic acids is 1. The van der Waals surface area contributed by atoms with Crippen LogP contribution in [0.5, 0.6) is 17.2 Å². The third kappa shape index (κ3) is 3.45. The molecule has 110 valence electrons. The Bertz CT molecular complexity index is 636. The zero-order chi connectivity index (χ0) is 15.2. The Kier molecular flexibility index (Phi) is 4.66. The molecule has 5 nitrogen and oxygen atoms in total. The van der Waals surface area contributed by atoms with Crippen LogP contribution in [0.2, 0.25) is 0 Å². The molecule has 0 aromatic heterocycles. The van der Waals surface area contributed by atoms with Crippen LogP contribution in [-0.4, -0.2) is 25.3 Å². The van der Waals surface area contributed by atoms with Crippen LogP contribution in [-0.2, 0) is 6.61 Å². The molecular weight excluding hydrogens is 272 g/mol. The lowest BCUT2D eigenvalue weighted by Crippen LogP contribution is -2.03. The van der Waals surface area contributed by atoms with E-state index in [1.807, 2.05) is 24.3 Å². The molecule has 5 heteroatoms. The number of carboxylic acids is 1. The smallest absolute Gasteiger partial charge is 0.339 e. The summed E-state index contributed by atoms with van der Waals surface area (Å²) < 4.78 is 16.0. The number of rotatable bonds is 6. The summed E-state index contributed by atoms with van der Waals surface area (Å²) in [5.74, 6) is 0.556. The Morgan fingerprint density at radius 2 is 1.67 bits per heavy atom. The number of hydrogen-bond acceptors (Lipinski definition) is 4. The third-order valence-electron chi connectivity index (χ3n) is 2.96. The van der Waals surface area contributed by atoms with E-state index in [0.717, 1.165) is 5.56 Å². The zero-order valence-corrected chi connectivity index (χ0v) is 11.8. The van der Waals surface area contributed by atoms with Crippen molar-refractivity contribution < 1.29 is 24.1 Å². The number of ether oxygens (including phenoxy) is 3. The predicted octanol–water partition coefficient (Wildman–Crippen LogP) is 2.98. The van der Waals surface area contributed by atoms with Crippen molar-refractivity contribution in [3.05, 3.63) is 53.6 Å². The Morgan fingerprint density at radius 1 is 1.00 bits per heavy atom. The molecule has 2 rings (SSSR count). The fraction of sp³-hybridized carbons (Fsp3) is 0.188. The second-order valence-electron chi connectivity index (χ2n) is 4.28. The van der Waals surface area contributed by atoms with E-state index in [0.29, 0.717) is 17.2 Å². The summed E-state index contributed by atoms with van der Waals surface area (Å²) in [6, 6.07) is 12.2. The van der Waals surface area contributed by atoms with Gasteiger partial charge in [0.15, 0.2) is 11.5 Å². The zero-order valence-electron chi connectivity index (χ0n) is 11.8. The van der Waals surface area contributed by atoms with Gasteiger partial charge in [0.25, 0.3) is 0 Å². The summed E-state index contributed by atoms with van der Waals surface area (Å²) in [6.07, 6.45) is 0. The van der Waals surface area contributed by atoms with Crippen LogP contribution in [0.1, 0.15) is 15.9 Å². The van der Waals surface area contributed by atoms with Crippen LogP contribution in [0, 0.1) is 0 Å². The molecule has 0 aliphatic carbocycles. The molecule has 0 atom stereocenters. The molecule has 0 saturated carbocycles. The number of methoxy groups -OCH3 is 2. The molecule has 0 aliphatic rings. The average Bonchev–Trinajstić information content (AvgIpc) is 2.52. The SMILES string of the molecule is COc1ccccc1OCc1ccc(C(=O)O)c(OC)c1. The number of carbonyl (C=O) groups is 1. The van der Waals surface area contributed by atoms with Gasteiger partial charge in [-0.15, -0.1) is 0 Å². The quantitative estimate of drug-likeness (QED) is 0.885. The average molecular weight is 288 g/mol. The lowest BCUT2D eigenvalue weighted by molar-refractivity contribution is 0.0693. The van der Waals surface area contributed by atoms with Crippen molar-refractivity contribution in [3.8, 4) is 17.2 Å². The minimum atomic E-state index is -1.02. The monoisotopic (exact) mass is 288 g/mol. The first-order chi connectivity index (χ1) is 10.2. The highest BCUT2D eigenvalue weighted by molar-refractivity contribution is 5.90. The lowest BCUT2D eigenvalue weighted by Gasteiger charge is -2.11. The van der Waals surface area contributed by atoms with Crippen molar-refractivity contribution in [2.24, 2.45) is 0 Å². The maximum Gasteiger partial charge on any atom is 0.339 e. The van der Waals surface area contributed by atoms with Crippen molar-refractivity contribution in [2.75, 3.05) is 14.2 Å². The van der Waals surface area contributed by atoms with E-state index < -0.39 is 5.97 Å². The highest BCUT2D eigenvalue weighted by atomic mass is 16.5. The predicted molar refractivity (Wildman–Crippen MR) is 77.3 cm³/mol. The summed E-state index contributed by atoms with van der Waals surface area (Å²) >= 11 is 0. The number of benzene rings is 2. The minimum absolute atomic E-state index is 0.124. The Labute approximate surface area is 122 Å². The summed E-state index contributed by atoms with van der Waals surface area (Å²) in [5.41, 5.74) is 0.932. The largest absolute Gasteiger partial charge is 0.496 e. The van der Waals surface area contributed by atoms with Gasteiger partial charge in [-0.05, 0) is 29.8 Å². The fourth-order valence-electron chi connectivity index (χ4n) is 1.90. The first kappa shape index (κ1) is 14.7. The summed E-state index contributed by atoms with van der Waals surface area (Å²) in [5, 5.41) is 9.04. The van der Waals surface area contributed by atoms with Gasteiger partial charge >= 0.3 is 5.97 Å². The van der Waals surface area contributed by atoms with E-state index in [2.05, 4.69) is 0 Å². The second-order valence-corrected chi connectivity index (χ2v) is 4.28. The van der Waals surface area contributed by atoms with Crippen molar-refractivity contribution in [2.45, 2.75) is 6.61 Å². The third-order valence-corrected chi connectivity index (χ3v) is 2.96. The summed E-state index contributed by atoms with van der Waals surface area (Å²) in [6.45, 7) is 0.288. The molecule has 1 N–H and O–H groups in total. The van der Waals surface area contributed by atoms with E-state index in [-0.39, 0.29) is 12.2 Å². The van der Waals surface area contributed by atoms with Crippen LogP contribution in [0.15, 0.2) is 42.5 Å². The highest BCUT2D eigenvalue weighted by Crippen LogP contribution is 2.27. The van der Waals surface area contributed by atoms with Gasteiger partial charge in [-0.2, -0.15) is 0 Å². The Balaban J connectivity index is 2.15. The molecule has 0 radical (unpaired) electrons. The van der Waals surface area contributed by atoms with E-state index in [4.69, 9.17) is 19.3 Å². The Hall–Kier alpha value is -2.69. The molecule has 0 aliphatic heterocycles. The van der Waals surface area contributed by atoms with Gasteiger partial charge in [0, 0.05) is 0 Å². The van der Waals surface area contributed by atoms with Gasteiger partial charge in [-0.1, -0.05) is 18.2 Å². The molecule has 0 spiro atoms. The van der Waals surface area contributed by atoms with E-state index in [1.165, 1.54) is 13.2 Å². The standard InChI is InChI=1S/C16H16O5/c1-19-13-5-3-4-6-14(13)21-10-11-7-8-12(16(17)18)15(9-11)20-2/h3-9H,10H2,1-2H3,(H,17,18). The molecule has 21 heavy (non-hydrogen) atoms. The van der Waals surface area contributed by atoms with Crippen LogP contribution in [0.25, 0.3) is 0 Å². The molecule has 0 amide bonds. The molecule has 0 saturated heterocycles. The second kappa shape index (κ2) is 6.65. The maximum absolute atomic E-state index is 11.0. The number of para-hydroxylation sites is 2. The summed E-state index contributed by atoms with van der Waals surface area (Å²) in [7, 11) is 3.01. The van der Waals surface area contributed by atoms with Gasteiger partial charge in [0.2, 0.25) is 0 Å². The fourth-order valence-corrected chi connectivity index (χ4v) is 1.90. The molecule has 0 heterocycles. The van der Waals surface area contributed by atoms with Crippen LogP contribution in [0.3, 0.4) is 0 Å². The van der Waals surface area contributed by atoms with Gasteiger partial charge in [0.05, 0.1) is 14.2 Å². The van der Waals surface area contributed by atoms with E-state index >= 15 is 0 Å². The van der Waals surface area contributed by atoms with Crippen molar-refractivity contribution >= 4 is 5.97 Å². The highest BCUT2D eigenvalue weighted by Gasteiger charge is 2.11. The molecule has 0 fully saturated rings. The Morgan fingerprint density at radius 3 is 2.29 bits per heavy atom. The van der Waals surface area contributed by atoms with Crippen molar-refractivity contribution in [1.82, 2.24) is 0 Å². The van der Waals surface area contributed by atoms with Crippen molar-refractivity contribution in [1.29, 1.82) is 0 Å². The maximum atomic E-state index is 11.0. The van der Waals surface area contributed by atoms with Crippen LogP contribution >= 0.6 is 0 Å². The normalized spacial score (nSPS) is 10.0. The lowest BCUT2D eigenvalue weighted by atomic mass is 10.1. The van der Waals surface area contributed by atoms with Gasteiger partial charge in [-0.25, -0.2) is 4.79 Å². The summed E-state index contributed by atoms with van der Waals surface area (Å²) in [4.78, 5) is 11.0.